The third-order valence-corrected chi connectivity index (χ3v) is 3.57. The molecule has 24 heavy (non-hydrogen) atoms. The molecule has 0 spiro atoms. The van der Waals surface area contributed by atoms with Crippen LogP contribution in [0.5, 0.6) is 0 Å². The number of pyridine rings is 1. The highest BCUT2D eigenvalue weighted by Gasteiger charge is 2.23. The number of amides is 1. The van der Waals surface area contributed by atoms with E-state index in [0.29, 0.717) is 29.4 Å². The Kier molecular flexibility index (Phi) is 4.41. The van der Waals surface area contributed by atoms with Gasteiger partial charge in [0, 0.05) is 24.4 Å². The van der Waals surface area contributed by atoms with Crippen molar-refractivity contribution in [2.24, 2.45) is 0 Å². The zero-order valence-electron chi connectivity index (χ0n) is 13.9. The van der Waals surface area contributed by atoms with E-state index >= 15 is 0 Å². The molecule has 0 aliphatic heterocycles. The summed E-state index contributed by atoms with van der Waals surface area (Å²) in [7, 11) is 0. The molecule has 0 bridgehead atoms. The van der Waals surface area contributed by atoms with Gasteiger partial charge in [0.05, 0.1) is 17.9 Å². The molecule has 0 aromatic carbocycles. The van der Waals surface area contributed by atoms with Crippen LogP contribution in [0.2, 0.25) is 0 Å². The topological polar surface area (TPSA) is 85.8 Å². The predicted octanol–water partition coefficient (Wildman–Crippen LogP) is 3.00. The van der Waals surface area contributed by atoms with Crippen LogP contribution in [0.4, 0.5) is 5.82 Å². The van der Waals surface area contributed by atoms with Crippen LogP contribution in [-0.2, 0) is 6.54 Å². The highest BCUT2D eigenvalue weighted by molar-refractivity contribution is 6.05. The van der Waals surface area contributed by atoms with Crippen molar-refractivity contribution in [3.63, 3.8) is 0 Å². The van der Waals surface area contributed by atoms with E-state index in [1.54, 1.807) is 30.1 Å². The molecule has 3 aromatic rings. The van der Waals surface area contributed by atoms with E-state index in [-0.39, 0.29) is 11.8 Å². The van der Waals surface area contributed by atoms with Gasteiger partial charge in [0.1, 0.15) is 5.56 Å². The van der Waals surface area contributed by atoms with Crippen LogP contribution in [0.15, 0.2) is 41.2 Å². The Morgan fingerprint density at radius 3 is 2.88 bits per heavy atom. The van der Waals surface area contributed by atoms with Gasteiger partial charge >= 0.3 is 0 Å². The quantitative estimate of drug-likeness (QED) is 0.779. The largest absolute Gasteiger partial charge is 0.360 e. The fraction of sp³-hybridized carbons (Fsp3) is 0.294. The van der Waals surface area contributed by atoms with E-state index < -0.39 is 0 Å². The van der Waals surface area contributed by atoms with Crippen molar-refractivity contribution in [2.45, 2.75) is 33.2 Å². The lowest BCUT2D eigenvalue weighted by molar-refractivity contribution is 0.102. The van der Waals surface area contributed by atoms with Crippen molar-refractivity contribution < 1.29 is 9.32 Å². The molecule has 0 aliphatic carbocycles. The summed E-state index contributed by atoms with van der Waals surface area (Å²) in [6.07, 6.45) is 3.54. The Labute approximate surface area is 139 Å². The Morgan fingerprint density at radius 1 is 1.33 bits per heavy atom. The van der Waals surface area contributed by atoms with Crippen molar-refractivity contribution in [3.05, 3.63) is 59.4 Å². The fourth-order valence-corrected chi connectivity index (χ4v) is 2.41. The van der Waals surface area contributed by atoms with E-state index in [2.05, 4.69) is 20.6 Å². The van der Waals surface area contributed by atoms with Crippen LogP contribution in [0.25, 0.3) is 0 Å². The Hall–Kier alpha value is -2.96. The second-order valence-electron chi connectivity index (χ2n) is 5.84. The number of carbonyl (C=O) groups excluding carboxylic acids is 1. The van der Waals surface area contributed by atoms with Gasteiger partial charge in [-0.3, -0.25) is 14.5 Å². The van der Waals surface area contributed by atoms with Gasteiger partial charge in [0.25, 0.3) is 5.91 Å². The first kappa shape index (κ1) is 15.9. The van der Waals surface area contributed by atoms with Gasteiger partial charge in [-0.15, -0.1) is 0 Å². The molecule has 3 rings (SSSR count). The van der Waals surface area contributed by atoms with Gasteiger partial charge in [-0.1, -0.05) is 25.1 Å². The number of aryl methyl sites for hydroxylation is 1. The lowest BCUT2D eigenvalue weighted by Crippen LogP contribution is -2.15. The molecule has 0 saturated carbocycles. The van der Waals surface area contributed by atoms with Crippen LogP contribution in [0.3, 0.4) is 0 Å². The molecule has 0 atom stereocenters. The van der Waals surface area contributed by atoms with Crippen molar-refractivity contribution in [2.75, 3.05) is 5.32 Å². The van der Waals surface area contributed by atoms with Gasteiger partial charge in [-0.25, -0.2) is 0 Å². The molecule has 0 aliphatic rings. The number of hydrogen-bond donors (Lipinski definition) is 1. The molecule has 1 N–H and O–H groups in total. The van der Waals surface area contributed by atoms with Crippen LogP contribution in [-0.4, -0.2) is 25.8 Å². The first-order valence-electron chi connectivity index (χ1n) is 7.75. The number of rotatable bonds is 5. The standard InChI is InChI=1S/C17H19N5O2/c1-11(2)16-15(12(3)21-24-16)17(23)19-14-7-9-22(20-14)10-13-6-4-5-8-18-13/h4-9,11H,10H2,1-3H3,(H,19,20,23). The zero-order valence-corrected chi connectivity index (χ0v) is 13.9. The van der Waals surface area contributed by atoms with E-state index in [4.69, 9.17) is 4.52 Å². The third kappa shape index (κ3) is 3.34. The summed E-state index contributed by atoms with van der Waals surface area (Å²) in [6.45, 7) is 6.21. The van der Waals surface area contributed by atoms with Crippen molar-refractivity contribution in [1.29, 1.82) is 0 Å². The third-order valence-electron chi connectivity index (χ3n) is 3.57. The minimum Gasteiger partial charge on any atom is -0.360 e. The minimum atomic E-state index is -0.263. The number of nitrogens with one attached hydrogen (secondary N) is 1. The lowest BCUT2D eigenvalue weighted by Gasteiger charge is -2.05. The Morgan fingerprint density at radius 2 is 2.17 bits per heavy atom. The summed E-state index contributed by atoms with van der Waals surface area (Å²) in [6, 6.07) is 7.47. The number of anilines is 1. The Bertz CT molecular complexity index is 836. The second-order valence-corrected chi connectivity index (χ2v) is 5.84. The van der Waals surface area contributed by atoms with Crippen LogP contribution in [0, 0.1) is 6.92 Å². The maximum Gasteiger partial charge on any atom is 0.262 e. The highest BCUT2D eigenvalue weighted by Crippen LogP contribution is 2.23. The van der Waals surface area contributed by atoms with E-state index in [0.717, 1.165) is 5.69 Å². The lowest BCUT2D eigenvalue weighted by atomic mass is 10.0. The summed E-state index contributed by atoms with van der Waals surface area (Å²) in [5, 5.41) is 11.0. The summed E-state index contributed by atoms with van der Waals surface area (Å²) in [4.78, 5) is 16.8. The predicted molar refractivity (Wildman–Crippen MR) is 88.8 cm³/mol. The van der Waals surface area contributed by atoms with Crippen molar-refractivity contribution in [3.8, 4) is 0 Å². The monoisotopic (exact) mass is 325 g/mol. The van der Waals surface area contributed by atoms with Crippen LogP contribution in [0.1, 0.15) is 47.3 Å². The van der Waals surface area contributed by atoms with E-state index in [1.165, 1.54) is 0 Å². The summed E-state index contributed by atoms with van der Waals surface area (Å²) < 4.78 is 6.98. The van der Waals surface area contributed by atoms with Crippen LogP contribution >= 0.6 is 0 Å². The molecule has 0 unspecified atom stereocenters. The van der Waals surface area contributed by atoms with Gasteiger partial charge in [0.15, 0.2) is 11.6 Å². The van der Waals surface area contributed by atoms with Gasteiger partial charge in [-0.2, -0.15) is 5.10 Å². The first-order chi connectivity index (χ1) is 11.5. The normalized spacial score (nSPS) is 11.0. The zero-order chi connectivity index (χ0) is 17.1. The second kappa shape index (κ2) is 6.66. The molecule has 0 fully saturated rings. The van der Waals surface area contributed by atoms with Gasteiger partial charge < -0.3 is 9.84 Å². The summed E-state index contributed by atoms with van der Waals surface area (Å²) in [5.74, 6) is 0.873. The van der Waals surface area contributed by atoms with E-state index in [1.807, 2.05) is 32.0 Å². The molecule has 7 nitrogen and oxygen atoms in total. The number of aromatic nitrogens is 4. The molecule has 124 valence electrons. The number of hydrogen-bond acceptors (Lipinski definition) is 5. The molecule has 3 heterocycles. The summed E-state index contributed by atoms with van der Waals surface area (Å²) in [5.41, 5.74) is 1.95. The minimum absolute atomic E-state index is 0.0775. The molecule has 0 radical (unpaired) electrons. The summed E-state index contributed by atoms with van der Waals surface area (Å²) >= 11 is 0. The van der Waals surface area contributed by atoms with Crippen molar-refractivity contribution in [1.82, 2.24) is 19.9 Å². The maximum absolute atomic E-state index is 12.5. The maximum atomic E-state index is 12.5. The van der Waals surface area contributed by atoms with E-state index in [9.17, 15) is 4.79 Å². The van der Waals surface area contributed by atoms with Gasteiger partial charge in [-0.05, 0) is 19.1 Å². The molecule has 3 aromatic heterocycles. The fourth-order valence-electron chi connectivity index (χ4n) is 2.41. The number of nitrogens with zero attached hydrogens (tertiary/aromatic N) is 4. The van der Waals surface area contributed by atoms with Crippen molar-refractivity contribution >= 4 is 11.7 Å². The SMILES string of the molecule is Cc1noc(C(C)C)c1C(=O)Nc1ccn(Cc2ccccn2)n1. The first-order valence-corrected chi connectivity index (χ1v) is 7.75. The highest BCUT2D eigenvalue weighted by atomic mass is 16.5. The molecular formula is C17H19N5O2. The van der Waals surface area contributed by atoms with Gasteiger partial charge in [0.2, 0.25) is 0 Å². The van der Waals surface area contributed by atoms with Crippen LogP contribution < -0.4 is 5.32 Å². The molecular weight excluding hydrogens is 306 g/mol. The average Bonchev–Trinajstić information content (AvgIpc) is 3.15. The molecule has 7 heteroatoms. The Balaban J connectivity index is 1.73. The number of carbonyl (C=O) groups is 1. The average molecular weight is 325 g/mol. The smallest absolute Gasteiger partial charge is 0.262 e. The molecule has 0 saturated heterocycles. The molecule has 1 amide bonds.